The van der Waals surface area contributed by atoms with Gasteiger partial charge >= 0.3 is 0 Å². The first kappa shape index (κ1) is 11.5. The van der Waals surface area contributed by atoms with Gasteiger partial charge in [-0.25, -0.2) is 20.2 Å². The minimum atomic E-state index is -0.307. The second-order valence-corrected chi connectivity index (χ2v) is 3.82. The second kappa shape index (κ2) is 4.47. The molecule has 0 saturated heterocycles. The lowest BCUT2D eigenvalue weighted by atomic mass is 10.1. The molecule has 0 atom stereocenters. The number of aromatic nitrogens is 2. The van der Waals surface area contributed by atoms with Gasteiger partial charge in [-0.05, 0) is 31.5 Å². The molecule has 3 N–H and O–H groups in total. The fourth-order valence-corrected chi connectivity index (χ4v) is 1.60. The number of benzene rings is 1. The Kier molecular flexibility index (Phi) is 3.01. The van der Waals surface area contributed by atoms with E-state index in [1.165, 1.54) is 12.1 Å². The van der Waals surface area contributed by atoms with Gasteiger partial charge in [0.25, 0.3) is 0 Å². The molecular formula is C12H13FN4. The van der Waals surface area contributed by atoms with Crippen LogP contribution < -0.4 is 11.3 Å². The molecule has 1 aromatic carbocycles. The van der Waals surface area contributed by atoms with Gasteiger partial charge in [0.1, 0.15) is 11.6 Å². The van der Waals surface area contributed by atoms with E-state index in [9.17, 15) is 4.39 Å². The fourth-order valence-electron chi connectivity index (χ4n) is 1.60. The molecule has 17 heavy (non-hydrogen) atoms. The zero-order valence-corrected chi connectivity index (χ0v) is 9.66. The van der Waals surface area contributed by atoms with Gasteiger partial charge in [-0.1, -0.05) is 6.07 Å². The Bertz CT molecular complexity index is 554. The first-order chi connectivity index (χ1) is 8.10. The number of aryl methyl sites for hydroxylation is 2. The van der Waals surface area contributed by atoms with Crippen LogP contribution in [0.25, 0.3) is 11.4 Å². The van der Waals surface area contributed by atoms with Crippen LogP contribution in [-0.2, 0) is 0 Å². The number of rotatable bonds is 2. The molecule has 0 radical (unpaired) electrons. The van der Waals surface area contributed by atoms with Crippen LogP contribution in [0.4, 0.5) is 10.2 Å². The van der Waals surface area contributed by atoms with E-state index in [4.69, 9.17) is 5.84 Å². The van der Waals surface area contributed by atoms with E-state index in [1.807, 2.05) is 13.8 Å². The molecule has 2 rings (SSSR count). The minimum Gasteiger partial charge on any atom is -0.308 e. The molecule has 88 valence electrons. The number of hydrazine groups is 1. The van der Waals surface area contributed by atoms with Crippen molar-refractivity contribution in [1.82, 2.24) is 9.97 Å². The van der Waals surface area contributed by atoms with Crippen LogP contribution in [0, 0.1) is 19.7 Å². The summed E-state index contributed by atoms with van der Waals surface area (Å²) in [5.41, 5.74) is 4.83. The molecule has 0 aliphatic rings. The van der Waals surface area contributed by atoms with Crippen LogP contribution in [0.2, 0.25) is 0 Å². The molecule has 1 heterocycles. The molecule has 4 nitrogen and oxygen atoms in total. The van der Waals surface area contributed by atoms with Gasteiger partial charge in [0.2, 0.25) is 0 Å². The summed E-state index contributed by atoms with van der Waals surface area (Å²) in [7, 11) is 0. The molecule has 0 saturated carbocycles. The third-order valence-corrected chi connectivity index (χ3v) is 2.44. The molecule has 2 aromatic rings. The SMILES string of the molecule is Cc1cc(NN)nc(-c2cc(F)ccc2C)n1. The highest BCUT2D eigenvalue weighted by atomic mass is 19.1. The molecule has 0 spiro atoms. The number of hydrogen-bond acceptors (Lipinski definition) is 4. The summed E-state index contributed by atoms with van der Waals surface area (Å²) in [4.78, 5) is 8.49. The van der Waals surface area contributed by atoms with Gasteiger partial charge in [0.15, 0.2) is 5.82 Å². The molecule has 0 amide bonds. The zero-order valence-electron chi connectivity index (χ0n) is 9.66. The molecule has 0 fully saturated rings. The normalized spacial score (nSPS) is 10.4. The Labute approximate surface area is 98.7 Å². The predicted molar refractivity (Wildman–Crippen MR) is 64.7 cm³/mol. The topological polar surface area (TPSA) is 63.8 Å². The number of nitrogen functional groups attached to an aromatic ring is 1. The Morgan fingerprint density at radius 3 is 2.65 bits per heavy atom. The highest BCUT2D eigenvalue weighted by Crippen LogP contribution is 2.22. The highest BCUT2D eigenvalue weighted by molar-refractivity contribution is 5.61. The summed E-state index contributed by atoms with van der Waals surface area (Å²) < 4.78 is 13.2. The molecule has 1 aromatic heterocycles. The van der Waals surface area contributed by atoms with Crippen LogP contribution in [0.5, 0.6) is 0 Å². The maximum Gasteiger partial charge on any atom is 0.162 e. The third kappa shape index (κ3) is 2.39. The standard InChI is InChI=1S/C12H13FN4/c1-7-3-4-9(13)6-10(7)12-15-8(2)5-11(16-12)17-14/h3-6H,14H2,1-2H3,(H,15,16,17). The highest BCUT2D eigenvalue weighted by Gasteiger charge is 2.08. The number of anilines is 1. The van der Waals surface area contributed by atoms with Gasteiger partial charge in [-0.3, -0.25) is 0 Å². The zero-order chi connectivity index (χ0) is 12.4. The molecular weight excluding hydrogens is 219 g/mol. The Morgan fingerprint density at radius 2 is 1.94 bits per heavy atom. The third-order valence-electron chi connectivity index (χ3n) is 2.44. The Balaban J connectivity index is 2.59. The van der Waals surface area contributed by atoms with E-state index in [-0.39, 0.29) is 5.82 Å². The van der Waals surface area contributed by atoms with E-state index >= 15 is 0 Å². The molecule has 0 aliphatic carbocycles. The van der Waals surface area contributed by atoms with Crippen molar-refractivity contribution in [3.8, 4) is 11.4 Å². The molecule has 0 aliphatic heterocycles. The summed E-state index contributed by atoms with van der Waals surface area (Å²) in [5, 5.41) is 0. The monoisotopic (exact) mass is 232 g/mol. The van der Waals surface area contributed by atoms with E-state index in [0.29, 0.717) is 17.2 Å². The van der Waals surface area contributed by atoms with Crippen molar-refractivity contribution in [2.24, 2.45) is 5.84 Å². The number of nitrogens with zero attached hydrogens (tertiary/aromatic N) is 2. The maximum atomic E-state index is 13.2. The van der Waals surface area contributed by atoms with Gasteiger partial charge in [-0.2, -0.15) is 0 Å². The molecule has 0 unspecified atom stereocenters. The quantitative estimate of drug-likeness (QED) is 0.615. The average Bonchev–Trinajstić information content (AvgIpc) is 2.31. The average molecular weight is 232 g/mol. The van der Waals surface area contributed by atoms with Crippen LogP contribution in [0.15, 0.2) is 24.3 Å². The summed E-state index contributed by atoms with van der Waals surface area (Å²) in [5.74, 6) is 5.99. The first-order valence-corrected chi connectivity index (χ1v) is 5.19. The number of halogens is 1. The van der Waals surface area contributed by atoms with Crippen molar-refractivity contribution in [2.45, 2.75) is 13.8 Å². The van der Waals surface area contributed by atoms with Gasteiger partial charge in [0, 0.05) is 17.3 Å². The van der Waals surface area contributed by atoms with Gasteiger partial charge in [-0.15, -0.1) is 0 Å². The minimum absolute atomic E-state index is 0.307. The summed E-state index contributed by atoms with van der Waals surface area (Å²) in [6.07, 6.45) is 0. The van der Waals surface area contributed by atoms with Gasteiger partial charge in [0.05, 0.1) is 0 Å². The van der Waals surface area contributed by atoms with Crippen LogP contribution in [0.3, 0.4) is 0 Å². The van der Waals surface area contributed by atoms with Crippen molar-refractivity contribution < 1.29 is 4.39 Å². The second-order valence-electron chi connectivity index (χ2n) is 3.82. The van der Waals surface area contributed by atoms with E-state index in [1.54, 1.807) is 12.1 Å². The van der Waals surface area contributed by atoms with Crippen LogP contribution >= 0.6 is 0 Å². The van der Waals surface area contributed by atoms with Crippen LogP contribution in [-0.4, -0.2) is 9.97 Å². The lowest BCUT2D eigenvalue weighted by Crippen LogP contribution is -2.10. The van der Waals surface area contributed by atoms with Crippen molar-refractivity contribution >= 4 is 5.82 Å². The van der Waals surface area contributed by atoms with E-state index < -0.39 is 0 Å². The summed E-state index contributed by atoms with van der Waals surface area (Å²) in [6.45, 7) is 3.72. The van der Waals surface area contributed by atoms with Crippen molar-refractivity contribution in [3.63, 3.8) is 0 Å². The van der Waals surface area contributed by atoms with Crippen molar-refractivity contribution in [1.29, 1.82) is 0 Å². The van der Waals surface area contributed by atoms with Crippen molar-refractivity contribution in [2.75, 3.05) is 5.43 Å². The lowest BCUT2D eigenvalue weighted by Gasteiger charge is -2.07. The Hall–Kier alpha value is -2.01. The maximum absolute atomic E-state index is 13.2. The molecule has 0 bridgehead atoms. The number of nitrogens with one attached hydrogen (secondary N) is 1. The van der Waals surface area contributed by atoms with Crippen LogP contribution in [0.1, 0.15) is 11.3 Å². The summed E-state index contributed by atoms with van der Waals surface area (Å²) >= 11 is 0. The predicted octanol–water partition coefficient (Wildman–Crippen LogP) is 2.19. The lowest BCUT2D eigenvalue weighted by molar-refractivity contribution is 0.627. The smallest absolute Gasteiger partial charge is 0.162 e. The fraction of sp³-hybridized carbons (Fsp3) is 0.167. The molecule has 5 heteroatoms. The van der Waals surface area contributed by atoms with Crippen molar-refractivity contribution in [3.05, 3.63) is 41.3 Å². The Morgan fingerprint density at radius 1 is 1.18 bits per heavy atom. The number of hydrogen-bond donors (Lipinski definition) is 2. The summed E-state index contributed by atoms with van der Waals surface area (Å²) in [6, 6.07) is 6.26. The first-order valence-electron chi connectivity index (χ1n) is 5.19. The van der Waals surface area contributed by atoms with Gasteiger partial charge < -0.3 is 5.43 Å². The van der Waals surface area contributed by atoms with E-state index in [2.05, 4.69) is 15.4 Å². The largest absolute Gasteiger partial charge is 0.308 e. The number of nitrogens with two attached hydrogens (primary N) is 1. The van der Waals surface area contributed by atoms with E-state index in [0.717, 1.165) is 11.3 Å².